The number of hydrogen-bond acceptors (Lipinski definition) is 3. The number of aliphatic hydroxyl groups is 1. The first kappa shape index (κ1) is 7.88. The molecule has 0 spiro atoms. The summed E-state index contributed by atoms with van der Waals surface area (Å²) in [6.45, 7) is 2.81. The highest BCUT2D eigenvalue weighted by molar-refractivity contribution is 4.74. The molecule has 0 unspecified atom stereocenters. The fourth-order valence-electron chi connectivity index (χ4n) is 0.212. The minimum absolute atomic E-state index is 0.0694. The molecule has 3 heteroatoms. The lowest BCUT2D eigenvalue weighted by Gasteiger charge is -2.21. The molecule has 0 saturated heterocycles. The van der Waals surface area contributed by atoms with Gasteiger partial charge >= 0.3 is 0 Å². The molecule has 0 bridgehead atoms. The Kier molecular flexibility index (Phi) is 2.97. The Morgan fingerprint density at radius 2 is 1.75 bits per heavy atom. The van der Waals surface area contributed by atoms with Crippen LogP contribution in [0.15, 0.2) is 0 Å². The van der Waals surface area contributed by atoms with E-state index in [4.69, 9.17) is 16.6 Å². The van der Waals surface area contributed by atoms with Gasteiger partial charge in [0.25, 0.3) is 0 Å². The molecule has 50 valence electrons. The van der Waals surface area contributed by atoms with E-state index in [0.29, 0.717) is 13.1 Å². The van der Waals surface area contributed by atoms with Gasteiger partial charge in [-0.25, -0.2) is 0 Å². The van der Waals surface area contributed by atoms with E-state index in [1.807, 2.05) is 6.92 Å². The van der Waals surface area contributed by atoms with E-state index >= 15 is 0 Å². The van der Waals surface area contributed by atoms with Crippen molar-refractivity contribution in [2.75, 3.05) is 19.7 Å². The molecule has 0 aliphatic rings. The van der Waals surface area contributed by atoms with Crippen LogP contribution in [0.3, 0.4) is 0 Å². The van der Waals surface area contributed by atoms with Crippen LogP contribution < -0.4 is 11.5 Å². The van der Waals surface area contributed by atoms with Gasteiger partial charge in [-0.1, -0.05) is 6.92 Å². The van der Waals surface area contributed by atoms with Crippen molar-refractivity contribution in [3.8, 4) is 0 Å². The van der Waals surface area contributed by atoms with Crippen LogP contribution in [-0.4, -0.2) is 24.8 Å². The fraction of sp³-hybridized carbons (Fsp3) is 1.00. The lowest BCUT2D eigenvalue weighted by atomic mass is 9.93. The van der Waals surface area contributed by atoms with Crippen molar-refractivity contribution in [3.05, 3.63) is 0 Å². The van der Waals surface area contributed by atoms with Gasteiger partial charge in [0.15, 0.2) is 0 Å². The second-order valence-corrected chi connectivity index (χ2v) is 2.38. The number of rotatable bonds is 3. The third-order valence-corrected chi connectivity index (χ3v) is 1.37. The molecule has 0 saturated carbocycles. The van der Waals surface area contributed by atoms with Crippen molar-refractivity contribution in [1.82, 2.24) is 0 Å². The van der Waals surface area contributed by atoms with Crippen LogP contribution in [-0.2, 0) is 0 Å². The fourth-order valence-corrected chi connectivity index (χ4v) is 0.212. The molecule has 5 N–H and O–H groups in total. The van der Waals surface area contributed by atoms with Gasteiger partial charge in [0.1, 0.15) is 0 Å². The van der Waals surface area contributed by atoms with Crippen molar-refractivity contribution in [3.63, 3.8) is 0 Å². The normalized spacial score (nSPS) is 12.0. The molecule has 0 amide bonds. The van der Waals surface area contributed by atoms with E-state index in [1.54, 1.807) is 0 Å². The molecule has 8 heavy (non-hydrogen) atoms. The average molecular weight is 118 g/mol. The minimum atomic E-state index is -0.264. The van der Waals surface area contributed by atoms with Gasteiger partial charge in [0, 0.05) is 18.5 Å². The van der Waals surface area contributed by atoms with E-state index in [0.717, 1.165) is 0 Å². The maximum atomic E-state index is 8.63. The maximum absolute atomic E-state index is 8.63. The lowest BCUT2D eigenvalue weighted by Crippen LogP contribution is -2.38. The van der Waals surface area contributed by atoms with E-state index in [2.05, 4.69) is 0 Å². The van der Waals surface area contributed by atoms with Crippen LogP contribution in [0.1, 0.15) is 6.92 Å². The zero-order valence-electron chi connectivity index (χ0n) is 5.22. The highest BCUT2D eigenvalue weighted by atomic mass is 16.3. The predicted octanol–water partition coefficient (Wildman–Crippen LogP) is -1.10. The van der Waals surface area contributed by atoms with Gasteiger partial charge in [-0.2, -0.15) is 0 Å². The van der Waals surface area contributed by atoms with E-state index in [1.165, 1.54) is 0 Å². The highest BCUT2D eigenvalue weighted by Crippen LogP contribution is 2.08. The summed E-state index contributed by atoms with van der Waals surface area (Å²) in [7, 11) is 0. The molecule has 3 nitrogen and oxygen atoms in total. The molecule has 0 aliphatic carbocycles. The van der Waals surface area contributed by atoms with Gasteiger partial charge in [0.2, 0.25) is 0 Å². The van der Waals surface area contributed by atoms with Gasteiger partial charge in [-0.3, -0.25) is 0 Å². The van der Waals surface area contributed by atoms with Crippen molar-refractivity contribution in [1.29, 1.82) is 0 Å². The Morgan fingerprint density at radius 1 is 1.38 bits per heavy atom. The van der Waals surface area contributed by atoms with Gasteiger partial charge < -0.3 is 16.6 Å². The van der Waals surface area contributed by atoms with Gasteiger partial charge in [-0.05, 0) is 0 Å². The first-order valence-electron chi connectivity index (χ1n) is 2.69. The van der Waals surface area contributed by atoms with Crippen LogP contribution in [0.2, 0.25) is 0 Å². The molecule has 0 atom stereocenters. The third kappa shape index (κ3) is 1.78. The van der Waals surface area contributed by atoms with Crippen molar-refractivity contribution in [2.24, 2.45) is 16.9 Å². The second-order valence-electron chi connectivity index (χ2n) is 2.38. The number of aliphatic hydroxyl groups excluding tert-OH is 1. The molecule has 0 aromatic rings. The average Bonchev–Trinajstić information content (AvgIpc) is 1.87. The lowest BCUT2D eigenvalue weighted by molar-refractivity contribution is 0.157. The Balaban J connectivity index is 3.58. The molecular weight excluding hydrogens is 104 g/mol. The first-order valence-corrected chi connectivity index (χ1v) is 2.69. The maximum Gasteiger partial charge on any atom is 0.0508 e. The van der Waals surface area contributed by atoms with E-state index < -0.39 is 0 Å². The van der Waals surface area contributed by atoms with Crippen molar-refractivity contribution in [2.45, 2.75) is 6.92 Å². The standard InChI is InChI=1S/C5H14N2O/c1-5(2-6,3-7)4-8/h8H,2-4,6-7H2,1H3. The molecule has 0 rings (SSSR count). The smallest absolute Gasteiger partial charge is 0.0508 e. The molecule has 0 fully saturated rings. The van der Waals surface area contributed by atoms with Gasteiger partial charge in [0.05, 0.1) is 6.61 Å². The highest BCUT2D eigenvalue weighted by Gasteiger charge is 2.17. The van der Waals surface area contributed by atoms with Crippen molar-refractivity contribution >= 4 is 0 Å². The van der Waals surface area contributed by atoms with E-state index in [-0.39, 0.29) is 12.0 Å². The minimum Gasteiger partial charge on any atom is -0.396 e. The SMILES string of the molecule is CC(CN)(CN)CO. The first-order chi connectivity index (χ1) is 3.68. The zero-order valence-corrected chi connectivity index (χ0v) is 5.22. The topological polar surface area (TPSA) is 72.3 Å². The Labute approximate surface area is 49.7 Å². The summed E-state index contributed by atoms with van der Waals surface area (Å²) < 4.78 is 0. The molecule has 0 aliphatic heterocycles. The quantitative estimate of drug-likeness (QED) is 0.440. The molecular formula is C5H14N2O. The summed E-state index contributed by atoms with van der Waals surface area (Å²) in [5.41, 5.74) is 10.3. The monoisotopic (exact) mass is 118 g/mol. The summed E-state index contributed by atoms with van der Waals surface area (Å²) in [6.07, 6.45) is 0. The Hall–Kier alpha value is -0.120. The molecule has 0 aromatic heterocycles. The molecule has 0 radical (unpaired) electrons. The van der Waals surface area contributed by atoms with Crippen molar-refractivity contribution < 1.29 is 5.11 Å². The molecule has 0 aromatic carbocycles. The molecule has 0 heterocycles. The summed E-state index contributed by atoms with van der Waals surface area (Å²) in [6, 6.07) is 0. The summed E-state index contributed by atoms with van der Waals surface area (Å²) in [5, 5.41) is 8.63. The summed E-state index contributed by atoms with van der Waals surface area (Å²) in [4.78, 5) is 0. The van der Waals surface area contributed by atoms with Crippen LogP contribution in [0.25, 0.3) is 0 Å². The predicted molar refractivity (Wildman–Crippen MR) is 33.3 cm³/mol. The Morgan fingerprint density at radius 3 is 1.75 bits per heavy atom. The number of nitrogens with two attached hydrogens (primary N) is 2. The second kappa shape index (κ2) is 3.02. The van der Waals surface area contributed by atoms with E-state index in [9.17, 15) is 0 Å². The summed E-state index contributed by atoms with van der Waals surface area (Å²) >= 11 is 0. The van der Waals surface area contributed by atoms with Gasteiger partial charge in [-0.15, -0.1) is 0 Å². The number of hydrogen-bond donors (Lipinski definition) is 3. The third-order valence-electron chi connectivity index (χ3n) is 1.37. The van der Waals surface area contributed by atoms with Crippen LogP contribution in [0.4, 0.5) is 0 Å². The Bertz CT molecular complexity index is 53.2. The summed E-state index contributed by atoms with van der Waals surface area (Å²) in [5.74, 6) is 0. The largest absolute Gasteiger partial charge is 0.396 e. The van der Waals surface area contributed by atoms with Crippen LogP contribution >= 0.6 is 0 Å². The van der Waals surface area contributed by atoms with Crippen LogP contribution in [0.5, 0.6) is 0 Å². The van der Waals surface area contributed by atoms with Crippen LogP contribution in [0, 0.1) is 5.41 Å². The zero-order chi connectivity index (χ0) is 6.62.